The Morgan fingerprint density at radius 1 is 1.24 bits per heavy atom. The molecule has 25 heavy (non-hydrogen) atoms. The van der Waals surface area contributed by atoms with Crippen LogP contribution < -0.4 is 10.9 Å². The molecular formula is C19H23N3O3. The van der Waals surface area contributed by atoms with Crippen LogP contribution in [-0.2, 0) is 13.1 Å². The number of aromatic nitrogens is 2. The van der Waals surface area contributed by atoms with Crippen LogP contribution in [0.1, 0.15) is 28.9 Å². The lowest BCUT2D eigenvalue weighted by Crippen LogP contribution is -2.18. The third kappa shape index (κ3) is 3.74. The maximum atomic E-state index is 11.8. The van der Waals surface area contributed by atoms with Gasteiger partial charge < -0.3 is 14.8 Å². The van der Waals surface area contributed by atoms with E-state index in [1.807, 2.05) is 11.6 Å². The van der Waals surface area contributed by atoms with Gasteiger partial charge in [-0.15, -0.1) is 0 Å². The first kappa shape index (κ1) is 17.2. The Labute approximate surface area is 146 Å². The second-order valence-electron chi connectivity index (χ2n) is 6.36. The van der Waals surface area contributed by atoms with E-state index >= 15 is 0 Å². The largest absolute Gasteiger partial charge is 0.508 e. The summed E-state index contributed by atoms with van der Waals surface area (Å²) in [6, 6.07) is 6.99. The van der Waals surface area contributed by atoms with E-state index in [0.717, 1.165) is 36.2 Å². The van der Waals surface area contributed by atoms with Gasteiger partial charge in [-0.2, -0.15) is 5.10 Å². The molecule has 1 aromatic carbocycles. The predicted octanol–water partition coefficient (Wildman–Crippen LogP) is 2.80. The summed E-state index contributed by atoms with van der Waals surface area (Å²) in [5.74, 6) is 0.130. The van der Waals surface area contributed by atoms with Gasteiger partial charge in [-0.3, -0.25) is 4.68 Å². The molecule has 0 radical (unpaired) electrons. The number of phenolic OH excluding ortho intramolecular Hbond substituents is 1. The first-order valence-corrected chi connectivity index (χ1v) is 8.43. The fourth-order valence-corrected chi connectivity index (χ4v) is 3.04. The average Bonchev–Trinajstić information content (AvgIpc) is 2.88. The van der Waals surface area contributed by atoms with Crippen LogP contribution in [0.4, 0.5) is 0 Å². The molecule has 0 aliphatic rings. The Morgan fingerprint density at radius 2 is 2.04 bits per heavy atom. The molecule has 0 amide bonds. The summed E-state index contributed by atoms with van der Waals surface area (Å²) in [6.07, 6.45) is 0.946. The van der Waals surface area contributed by atoms with E-state index in [1.165, 1.54) is 11.8 Å². The summed E-state index contributed by atoms with van der Waals surface area (Å²) in [7, 11) is 0. The summed E-state index contributed by atoms with van der Waals surface area (Å²) >= 11 is 0. The minimum atomic E-state index is -0.402. The molecule has 0 saturated heterocycles. The van der Waals surface area contributed by atoms with Gasteiger partial charge in [0.15, 0.2) is 0 Å². The molecule has 0 aliphatic carbocycles. The van der Waals surface area contributed by atoms with Gasteiger partial charge in [-0.25, -0.2) is 4.79 Å². The number of nitrogens with one attached hydrogen (secondary N) is 1. The van der Waals surface area contributed by atoms with Crippen molar-refractivity contribution >= 4 is 11.0 Å². The molecule has 0 atom stereocenters. The fraction of sp³-hybridized carbons (Fsp3) is 0.368. The highest BCUT2D eigenvalue weighted by molar-refractivity contribution is 5.84. The van der Waals surface area contributed by atoms with E-state index in [2.05, 4.69) is 23.4 Å². The molecule has 2 heterocycles. The monoisotopic (exact) mass is 341 g/mol. The standard InChI is InChI=1S/C19H23N3O3/c1-12-9-13(2)22(21-12)8-4-7-20-11-15-10-18(24)25-19-14(3)17(23)6-5-16(15)19/h5-6,9-10,20,23H,4,7-8,11H2,1-3H3. The minimum absolute atomic E-state index is 0.130. The van der Waals surface area contributed by atoms with Gasteiger partial charge in [-0.1, -0.05) is 0 Å². The molecule has 2 N–H and O–H groups in total. The smallest absolute Gasteiger partial charge is 0.336 e. The Balaban J connectivity index is 1.64. The van der Waals surface area contributed by atoms with E-state index in [9.17, 15) is 9.90 Å². The Hall–Kier alpha value is -2.60. The van der Waals surface area contributed by atoms with Crippen molar-refractivity contribution in [3.63, 3.8) is 0 Å². The summed E-state index contributed by atoms with van der Waals surface area (Å²) in [5.41, 5.74) is 3.71. The lowest BCUT2D eigenvalue weighted by molar-refractivity contribution is 0.468. The quantitative estimate of drug-likeness (QED) is 0.532. The summed E-state index contributed by atoms with van der Waals surface area (Å²) in [6.45, 7) is 8.04. The molecule has 0 unspecified atom stereocenters. The molecule has 3 rings (SSSR count). The van der Waals surface area contributed by atoms with Gasteiger partial charge >= 0.3 is 5.63 Å². The van der Waals surface area contributed by atoms with Gasteiger partial charge in [0.1, 0.15) is 11.3 Å². The molecule has 132 valence electrons. The molecule has 2 aromatic heterocycles. The molecule has 0 bridgehead atoms. The SMILES string of the molecule is Cc1cc(C)n(CCCNCc2cc(=O)oc3c(C)c(O)ccc23)n1. The van der Waals surface area contributed by atoms with Gasteiger partial charge in [0.05, 0.1) is 5.69 Å². The van der Waals surface area contributed by atoms with Crippen LogP contribution in [0.5, 0.6) is 5.75 Å². The number of aryl methyl sites for hydroxylation is 4. The van der Waals surface area contributed by atoms with Gasteiger partial charge in [0, 0.05) is 35.8 Å². The first-order chi connectivity index (χ1) is 12.0. The zero-order chi connectivity index (χ0) is 18.0. The third-order valence-electron chi connectivity index (χ3n) is 4.36. The highest BCUT2D eigenvalue weighted by atomic mass is 16.4. The molecule has 0 spiro atoms. The van der Waals surface area contributed by atoms with E-state index in [0.29, 0.717) is 17.7 Å². The maximum absolute atomic E-state index is 11.8. The minimum Gasteiger partial charge on any atom is -0.508 e. The second kappa shape index (κ2) is 7.11. The lowest BCUT2D eigenvalue weighted by atomic mass is 10.1. The van der Waals surface area contributed by atoms with Gasteiger partial charge in [0.2, 0.25) is 0 Å². The van der Waals surface area contributed by atoms with Crippen LogP contribution in [0.25, 0.3) is 11.0 Å². The number of phenols is 1. The topological polar surface area (TPSA) is 80.3 Å². The molecule has 6 heteroatoms. The van der Waals surface area contributed by atoms with Crippen molar-refractivity contribution in [1.82, 2.24) is 15.1 Å². The summed E-state index contributed by atoms with van der Waals surface area (Å²) < 4.78 is 7.27. The number of aromatic hydroxyl groups is 1. The summed E-state index contributed by atoms with van der Waals surface area (Å²) in [4.78, 5) is 11.8. The van der Waals surface area contributed by atoms with Crippen molar-refractivity contribution in [2.75, 3.05) is 6.54 Å². The van der Waals surface area contributed by atoms with Crippen LogP contribution >= 0.6 is 0 Å². The highest BCUT2D eigenvalue weighted by Gasteiger charge is 2.10. The number of rotatable bonds is 6. The second-order valence-corrected chi connectivity index (χ2v) is 6.36. The van der Waals surface area contributed by atoms with Crippen molar-refractivity contribution in [3.8, 4) is 5.75 Å². The Bertz CT molecular complexity index is 956. The fourth-order valence-electron chi connectivity index (χ4n) is 3.04. The molecule has 0 saturated carbocycles. The first-order valence-electron chi connectivity index (χ1n) is 8.43. The van der Waals surface area contributed by atoms with Crippen molar-refractivity contribution in [2.24, 2.45) is 0 Å². The average molecular weight is 341 g/mol. The van der Waals surface area contributed by atoms with E-state index in [4.69, 9.17) is 4.42 Å². The number of nitrogens with zero attached hydrogens (tertiary/aromatic N) is 2. The van der Waals surface area contributed by atoms with E-state index in [1.54, 1.807) is 19.1 Å². The van der Waals surface area contributed by atoms with Crippen molar-refractivity contribution < 1.29 is 9.52 Å². The Kier molecular flexibility index (Phi) is 4.90. The molecule has 0 fully saturated rings. The number of fused-ring (bicyclic) bond motifs is 1. The van der Waals surface area contributed by atoms with Crippen molar-refractivity contribution in [2.45, 2.75) is 40.3 Å². The van der Waals surface area contributed by atoms with Crippen LogP contribution in [-0.4, -0.2) is 21.4 Å². The zero-order valence-electron chi connectivity index (χ0n) is 14.8. The van der Waals surface area contributed by atoms with Gasteiger partial charge in [0.25, 0.3) is 0 Å². The molecule has 0 aliphatic heterocycles. The zero-order valence-corrected chi connectivity index (χ0v) is 14.8. The normalized spacial score (nSPS) is 11.3. The summed E-state index contributed by atoms with van der Waals surface area (Å²) in [5, 5.41) is 18.5. The van der Waals surface area contributed by atoms with Crippen molar-refractivity contribution in [1.29, 1.82) is 0 Å². The van der Waals surface area contributed by atoms with Crippen LogP contribution in [0.2, 0.25) is 0 Å². The number of benzene rings is 1. The van der Waals surface area contributed by atoms with Crippen LogP contribution in [0.15, 0.2) is 33.5 Å². The maximum Gasteiger partial charge on any atom is 0.336 e. The number of hydrogen-bond donors (Lipinski definition) is 2. The molecular weight excluding hydrogens is 318 g/mol. The van der Waals surface area contributed by atoms with Crippen molar-refractivity contribution in [3.05, 3.63) is 57.2 Å². The predicted molar refractivity (Wildman–Crippen MR) is 96.9 cm³/mol. The van der Waals surface area contributed by atoms with Crippen LogP contribution in [0.3, 0.4) is 0 Å². The van der Waals surface area contributed by atoms with E-state index in [-0.39, 0.29) is 5.75 Å². The van der Waals surface area contributed by atoms with Crippen LogP contribution in [0, 0.1) is 20.8 Å². The Morgan fingerprint density at radius 3 is 2.76 bits per heavy atom. The highest BCUT2D eigenvalue weighted by Crippen LogP contribution is 2.27. The third-order valence-corrected chi connectivity index (χ3v) is 4.36. The van der Waals surface area contributed by atoms with E-state index < -0.39 is 5.63 Å². The van der Waals surface area contributed by atoms with Gasteiger partial charge in [-0.05, 0) is 57.5 Å². The molecule has 3 aromatic rings. The number of hydrogen-bond acceptors (Lipinski definition) is 5. The molecule has 6 nitrogen and oxygen atoms in total. The lowest BCUT2D eigenvalue weighted by Gasteiger charge is -2.10.